The zero-order valence-corrected chi connectivity index (χ0v) is 11.6. The van der Waals surface area contributed by atoms with E-state index in [2.05, 4.69) is 0 Å². The SMILES string of the molecule is CN1C(=O)CC(N2CCC(OCCC(=O)O)CC2)C1=O. The van der Waals surface area contributed by atoms with E-state index < -0.39 is 5.97 Å². The number of carboxylic acids is 1. The van der Waals surface area contributed by atoms with Crippen LogP contribution in [-0.2, 0) is 19.1 Å². The molecule has 0 saturated carbocycles. The van der Waals surface area contributed by atoms with Crippen LogP contribution in [0.15, 0.2) is 0 Å². The van der Waals surface area contributed by atoms with Gasteiger partial charge >= 0.3 is 5.97 Å². The topological polar surface area (TPSA) is 87.2 Å². The number of ether oxygens (including phenoxy) is 1. The van der Waals surface area contributed by atoms with Gasteiger partial charge in [-0.3, -0.25) is 24.2 Å². The van der Waals surface area contributed by atoms with Crippen LogP contribution in [0.2, 0.25) is 0 Å². The molecule has 1 unspecified atom stereocenters. The number of rotatable bonds is 5. The van der Waals surface area contributed by atoms with Crippen molar-refractivity contribution in [3.63, 3.8) is 0 Å². The molecule has 0 spiro atoms. The largest absolute Gasteiger partial charge is 0.481 e. The molecular weight excluding hydrogens is 264 g/mol. The Morgan fingerprint density at radius 1 is 1.35 bits per heavy atom. The van der Waals surface area contributed by atoms with Crippen LogP contribution in [0.3, 0.4) is 0 Å². The van der Waals surface area contributed by atoms with Gasteiger partial charge in [-0.1, -0.05) is 0 Å². The van der Waals surface area contributed by atoms with Gasteiger partial charge in [0.15, 0.2) is 0 Å². The average Bonchev–Trinajstić information content (AvgIpc) is 2.67. The molecule has 0 aliphatic carbocycles. The van der Waals surface area contributed by atoms with Gasteiger partial charge in [-0.25, -0.2) is 0 Å². The Kier molecular flexibility index (Phi) is 4.72. The van der Waals surface area contributed by atoms with Gasteiger partial charge in [0.05, 0.1) is 31.6 Å². The molecule has 0 aromatic rings. The maximum Gasteiger partial charge on any atom is 0.305 e. The number of imide groups is 1. The van der Waals surface area contributed by atoms with Crippen molar-refractivity contribution in [1.82, 2.24) is 9.80 Å². The van der Waals surface area contributed by atoms with E-state index in [1.165, 1.54) is 11.9 Å². The van der Waals surface area contributed by atoms with Crippen molar-refractivity contribution in [2.24, 2.45) is 0 Å². The molecule has 2 saturated heterocycles. The van der Waals surface area contributed by atoms with Crippen molar-refractivity contribution in [3.8, 4) is 0 Å². The summed E-state index contributed by atoms with van der Waals surface area (Å²) >= 11 is 0. The first kappa shape index (κ1) is 14.9. The summed E-state index contributed by atoms with van der Waals surface area (Å²) in [5.41, 5.74) is 0. The van der Waals surface area contributed by atoms with Gasteiger partial charge in [-0.2, -0.15) is 0 Å². The first-order chi connectivity index (χ1) is 9.49. The van der Waals surface area contributed by atoms with Crippen LogP contribution in [0, 0.1) is 0 Å². The molecule has 2 amide bonds. The van der Waals surface area contributed by atoms with Crippen LogP contribution in [0.25, 0.3) is 0 Å². The van der Waals surface area contributed by atoms with Crippen LogP contribution in [0.1, 0.15) is 25.7 Å². The lowest BCUT2D eigenvalue weighted by Crippen LogP contribution is -2.46. The van der Waals surface area contributed by atoms with Crippen molar-refractivity contribution in [1.29, 1.82) is 0 Å². The Hall–Kier alpha value is -1.47. The second kappa shape index (κ2) is 6.32. The van der Waals surface area contributed by atoms with Gasteiger partial charge in [0.2, 0.25) is 11.8 Å². The molecule has 2 aliphatic heterocycles. The molecule has 2 rings (SSSR count). The fourth-order valence-corrected chi connectivity index (χ4v) is 2.69. The first-order valence-electron chi connectivity index (χ1n) is 6.87. The monoisotopic (exact) mass is 284 g/mol. The van der Waals surface area contributed by atoms with E-state index in [9.17, 15) is 14.4 Å². The van der Waals surface area contributed by atoms with Gasteiger partial charge in [0, 0.05) is 20.1 Å². The van der Waals surface area contributed by atoms with E-state index in [1.807, 2.05) is 4.90 Å². The Labute approximate surface area is 117 Å². The lowest BCUT2D eigenvalue weighted by atomic mass is 10.0. The van der Waals surface area contributed by atoms with Gasteiger partial charge in [0.25, 0.3) is 0 Å². The lowest BCUT2D eigenvalue weighted by molar-refractivity contribution is -0.140. The predicted octanol–water partition coefficient (Wildman–Crippen LogP) is -0.301. The van der Waals surface area contributed by atoms with Crippen molar-refractivity contribution in [2.75, 3.05) is 26.7 Å². The number of carbonyl (C=O) groups excluding carboxylic acids is 2. The summed E-state index contributed by atoms with van der Waals surface area (Å²) in [6, 6.07) is -0.326. The van der Waals surface area contributed by atoms with Gasteiger partial charge in [-0.15, -0.1) is 0 Å². The number of hydrogen-bond acceptors (Lipinski definition) is 5. The fourth-order valence-electron chi connectivity index (χ4n) is 2.69. The van der Waals surface area contributed by atoms with E-state index in [0.29, 0.717) is 13.1 Å². The number of carboxylic acid groups (broad SMARTS) is 1. The molecule has 2 heterocycles. The molecule has 0 aromatic heterocycles. The molecular formula is C13H20N2O5. The average molecular weight is 284 g/mol. The maximum atomic E-state index is 11.9. The summed E-state index contributed by atoms with van der Waals surface area (Å²) in [7, 11) is 1.52. The van der Waals surface area contributed by atoms with Crippen molar-refractivity contribution in [2.45, 2.75) is 37.8 Å². The van der Waals surface area contributed by atoms with Crippen molar-refractivity contribution in [3.05, 3.63) is 0 Å². The highest BCUT2D eigenvalue weighted by molar-refractivity contribution is 6.05. The Morgan fingerprint density at radius 2 is 2.00 bits per heavy atom. The quantitative estimate of drug-likeness (QED) is 0.697. The minimum atomic E-state index is -0.861. The molecule has 7 nitrogen and oxygen atoms in total. The van der Waals surface area contributed by atoms with Crippen LogP contribution in [0.4, 0.5) is 0 Å². The third kappa shape index (κ3) is 3.34. The first-order valence-corrected chi connectivity index (χ1v) is 6.87. The molecule has 7 heteroatoms. The van der Waals surface area contributed by atoms with Crippen LogP contribution in [-0.4, -0.2) is 71.6 Å². The summed E-state index contributed by atoms with van der Waals surface area (Å²) in [6.07, 6.45) is 1.86. The summed E-state index contributed by atoms with van der Waals surface area (Å²) in [4.78, 5) is 37.0. The Balaban J connectivity index is 1.76. The molecule has 2 fully saturated rings. The van der Waals surface area contributed by atoms with Crippen LogP contribution in [0.5, 0.6) is 0 Å². The van der Waals surface area contributed by atoms with Gasteiger partial charge in [0.1, 0.15) is 0 Å². The van der Waals surface area contributed by atoms with E-state index in [0.717, 1.165) is 12.8 Å². The normalized spacial score (nSPS) is 25.4. The number of carbonyl (C=O) groups is 3. The summed E-state index contributed by atoms with van der Waals surface area (Å²) in [5.74, 6) is -1.11. The zero-order chi connectivity index (χ0) is 14.7. The van der Waals surface area contributed by atoms with Crippen molar-refractivity contribution < 1.29 is 24.2 Å². The number of likely N-dealkylation sites (N-methyl/N-ethyl adjacent to an activating group) is 1. The zero-order valence-electron chi connectivity index (χ0n) is 11.6. The standard InChI is InChI=1S/C13H20N2O5/c1-14-11(16)8-10(13(14)19)15-5-2-9(3-6-15)20-7-4-12(17)18/h9-10H,2-8H2,1H3,(H,17,18). The molecule has 0 aromatic carbocycles. The second-order valence-electron chi connectivity index (χ2n) is 5.26. The number of nitrogens with zero attached hydrogens (tertiary/aromatic N) is 2. The van der Waals surface area contributed by atoms with Crippen molar-refractivity contribution >= 4 is 17.8 Å². The molecule has 112 valence electrons. The number of aliphatic carboxylic acids is 1. The second-order valence-corrected chi connectivity index (χ2v) is 5.26. The van der Waals surface area contributed by atoms with Crippen LogP contribution >= 0.6 is 0 Å². The Morgan fingerprint density at radius 3 is 2.50 bits per heavy atom. The number of piperidine rings is 1. The highest BCUT2D eigenvalue weighted by Gasteiger charge is 2.40. The Bertz CT molecular complexity index is 404. The summed E-state index contributed by atoms with van der Waals surface area (Å²) < 4.78 is 5.50. The smallest absolute Gasteiger partial charge is 0.305 e. The predicted molar refractivity (Wildman–Crippen MR) is 69.0 cm³/mol. The van der Waals surface area contributed by atoms with E-state index >= 15 is 0 Å². The maximum absolute atomic E-state index is 11.9. The molecule has 1 atom stereocenters. The minimum absolute atomic E-state index is 0.0145. The summed E-state index contributed by atoms with van der Waals surface area (Å²) in [5, 5.41) is 8.55. The van der Waals surface area contributed by atoms with E-state index in [-0.39, 0.29) is 43.4 Å². The van der Waals surface area contributed by atoms with Crippen LogP contribution < -0.4 is 0 Å². The minimum Gasteiger partial charge on any atom is -0.481 e. The van der Waals surface area contributed by atoms with E-state index in [1.54, 1.807) is 0 Å². The molecule has 1 N–H and O–H groups in total. The third-order valence-electron chi connectivity index (χ3n) is 3.94. The number of amides is 2. The van der Waals surface area contributed by atoms with Gasteiger partial charge in [-0.05, 0) is 12.8 Å². The summed E-state index contributed by atoms with van der Waals surface area (Å²) in [6.45, 7) is 1.63. The highest BCUT2D eigenvalue weighted by Crippen LogP contribution is 2.22. The molecule has 0 bridgehead atoms. The number of hydrogen-bond donors (Lipinski definition) is 1. The lowest BCUT2D eigenvalue weighted by Gasteiger charge is -2.34. The highest BCUT2D eigenvalue weighted by atomic mass is 16.5. The third-order valence-corrected chi connectivity index (χ3v) is 3.94. The molecule has 0 radical (unpaired) electrons. The molecule has 2 aliphatic rings. The van der Waals surface area contributed by atoms with E-state index in [4.69, 9.17) is 9.84 Å². The van der Waals surface area contributed by atoms with Gasteiger partial charge < -0.3 is 9.84 Å². The number of likely N-dealkylation sites (tertiary alicyclic amines) is 2. The molecule has 20 heavy (non-hydrogen) atoms. The fraction of sp³-hybridized carbons (Fsp3) is 0.769.